The highest BCUT2D eigenvalue weighted by molar-refractivity contribution is 7.91. The Bertz CT molecular complexity index is 585. The average molecular weight is 294 g/mol. The summed E-state index contributed by atoms with van der Waals surface area (Å²) in [5.41, 5.74) is 5.77. The van der Waals surface area contributed by atoms with Crippen LogP contribution in [-0.4, -0.2) is 26.0 Å². The number of hydrazine groups is 1. The van der Waals surface area contributed by atoms with E-state index in [0.29, 0.717) is 17.4 Å². The second-order valence-electron chi connectivity index (χ2n) is 6.20. The van der Waals surface area contributed by atoms with Crippen molar-refractivity contribution in [1.29, 1.82) is 0 Å². The number of nitrogens with two attached hydrogens (primary N) is 1. The van der Waals surface area contributed by atoms with E-state index in [1.807, 2.05) is 0 Å². The van der Waals surface area contributed by atoms with Crippen LogP contribution in [0.3, 0.4) is 0 Å². The zero-order chi connectivity index (χ0) is 14.2. The summed E-state index contributed by atoms with van der Waals surface area (Å²) in [5.74, 6) is 7.20. The first-order chi connectivity index (χ1) is 9.57. The molecular formula is C15H22N2O2S. The van der Waals surface area contributed by atoms with E-state index in [0.717, 1.165) is 25.7 Å². The van der Waals surface area contributed by atoms with Gasteiger partial charge in [0, 0.05) is 6.04 Å². The van der Waals surface area contributed by atoms with Crippen molar-refractivity contribution < 1.29 is 8.42 Å². The predicted octanol–water partition coefficient (Wildman–Crippen LogP) is 1.37. The van der Waals surface area contributed by atoms with Crippen molar-refractivity contribution in [3.63, 3.8) is 0 Å². The van der Waals surface area contributed by atoms with Crippen LogP contribution in [0.25, 0.3) is 0 Å². The minimum absolute atomic E-state index is 0.214. The first-order valence-electron chi connectivity index (χ1n) is 7.32. The molecule has 20 heavy (non-hydrogen) atoms. The number of hydrogen-bond acceptors (Lipinski definition) is 4. The van der Waals surface area contributed by atoms with Crippen LogP contribution in [0.15, 0.2) is 24.3 Å². The summed E-state index contributed by atoms with van der Waals surface area (Å²) in [5, 5.41) is 0. The number of rotatable bonds is 5. The largest absolute Gasteiger partial charge is 0.271 e. The summed E-state index contributed by atoms with van der Waals surface area (Å²) in [6.45, 7) is 0. The summed E-state index contributed by atoms with van der Waals surface area (Å²) in [4.78, 5) is 0. The quantitative estimate of drug-likeness (QED) is 0.635. The molecular weight excluding hydrogens is 272 g/mol. The Morgan fingerprint density at radius 1 is 1.30 bits per heavy atom. The van der Waals surface area contributed by atoms with Crippen LogP contribution in [0.1, 0.15) is 36.3 Å². The Labute approximate surface area is 120 Å². The van der Waals surface area contributed by atoms with E-state index < -0.39 is 9.84 Å². The molecule has 3 atom stereocenters. The lowest BCUT2D eigenvalue weighted by Crippen LogP contribution is -2.39. The van der Waals surface area contributed by atoms with Gasteiger partial charge in [-0.3, -0.25) is 11.3 Å². The molecule has 1 heterocycles. The average Bonchev–Trinajstić information content (AvgIpc) is 2.74. The Kier molecular flexibility index (Phi) is 3.84. The molecule has 1 aliphatic carbocycles. The van der Waals surface area contributed by atoms with Crippen LogP contribution in [0, 0.1) is 5.92 Å². The number of sulfone groups is 1. The molecule has 2 aliphatic rings. The van der Waals surface area contributed by atoms with Gasteiger partial charge in [-0.05, 0) is 48.6 Å². The Balaban J connectivity index is 1.57. The van der Waals surface area contributed by atoms with E-state index in [1.165, 1.54) is 11.1 Å². The van der Waals surface area contributed by atoms with Gasteiger partial charge >= 0.3 is 0 Å². The highest BCUT2D eigenvalue weighted by atomic mass is 32.2. The third-order valence-electron chi connectivity index (χ3n) is 4.71. The fourth-order valence-corrected chi connectivity index (χ4v) is 5.49. The Morgan fingerprint density at radius 3 is 2.75 bits per heavy atom. The van der Waals surface area contributed by atoms with Gasteiger partial charge in [0.05, 0.1) is 11.5 Å². The van der Waals surface area contributed by atoms with Crippen molar-refractivity contribution in [2.24, 2.45) is 11.8 Å². The van der Waals surface area contributed by atoms with Crippen LogP contribution < -0.4 is 11.3 Å². The van der Waals surface area contributed by atoms with Gasteiger partial charge in [-0.15, -0.1) is 0 Å². The second kappa shape index (κ2) is 5.47. The molecule has 1 fully saturated rings. The number of fused-ring (bicyclic) bond motifs is 1. The van der Waals surface area contributed by atoms with Crippen molar-refractivity contribution in [2.45, 2.75) is 37.6 Å². The SMILES string of the molecule is NNC(CC1CCS(=O)(=O)C1)CC1Cc2ccccc21. The van der Waals surface area contributed by atoms with Gasteiger partial charge < -0.3 is 0 Å². The molecule has 3 rings (SSSR count). The summed E-state index contributed by atoms with van der Waals surface area (Å²) < 4.78 is 23.0. The van der Waals surface area contributed by atoms with E-state index >= 15 is 0 Å². The van der Waals surface area contributed by atoms with Crippen LogP contribution >= 0.6 is 0 Å². The number of nitrogens with one attached hydrogen (secondary N) is 1. The predicted molar refractivity (Wildman–Crippen MR) is 80.0 cm³/mol. The van der Waals surface area contributed by atoms with Crippen molar-refractivity contribution >= 4 is 9.84 Å². The van der Waals surface area contributed by atoms with Gasteiger partial charge in [0.1, 0.15) is 0 Å². The van der Waals surface area contributed by atoms with Crippen LogP contribution in [0.4, 0.5) is 0 Å². The third-order valence-corrected chi connectivity index (χ3v) is 6.55. The van der Waals surface area contributed by atoms with Crippen molar-refractivity contribution in [3.05, 3.63) is 35.4 Å². The minimum atomic E-state index is -2.79. The topological polar surface area (TPSA) is 72.2 Å². The highest BCUT2D eigenvalue weighted by Crippen LogP contribution is 2.39. The molecule has 0 radical (unpaired) electrons. The molecule has 0 aromatic heterocycles. The smallest absolute Gasteiger partial charge is 0.150 e. The first kappa shape index (κ1) is 14.0. The molecule has 5 heteroatoms. The maximum Gasteiger partial charge on any atom is 0.150 e. The summed E-state index contributed by atoms with van der Waals surface area (Å²) >= 11 is 0. The number of hydrogen-bond donors (Lipinski definition) is 2. The maximum atomic E-state index is 11.5. The molecule has 3 N–H and O–H groups in total. The minimum Gasteiger partial charge on any atom is -0.271 e. The lowest BCUT2D eigenvalue weighted by atomic mass is 9.74. The van der Waals surface area contributed by atoms with Gasteiger partial charge in [-0.25, -0.2) is 8.42 Å². The summed E-state index contributed by atoms with van der Waals surface area (Å²) in [7, 11) is -2.79. The molecule has 1 saturated heterocycles. The van der Waals surface area contributed by atoms with Crippen LogP contribution in [-0.2, 0) is 16.3 Å². The first-order valence-corrected chi connectivity index (χ1v) is 9.14. The van der Waals surface area contributed by atoms with Gasteiger partial charge in [0.25, 0.3) is 0 Å². The van der Waals surface area contributed by atoms with E-state index in [1.54, 1.807) is 0 Å². The van der Waals surface area contributed by atoms with Gasteiger partial charge in [0.2, 0.25) is 0 Å². The molecule has 3 unspecified atom stereocenters. The standard InChI is InChI=1S/C15H22N2O2S/c16-17-14(7-11-5-6-20(18,19)10-11)9-13-8-12-3-1-2-4-15(12)13/h1-4,11,13-14,17H,5-10,16H2. The second-order valence-corrected chi connectivity index (χ2v) is 8.43. The molecule has 110 valence electrons. The van der Waals surface area contributed by atoms with Crippen molar-refractivity contribution in [3.8, 4) is 0 Å². The van der Waals surface area contributed by atoms with Crippen molar-refractivity contribution in [1.82, 2.24) is 5.43 Å². The summed E-state index contributed by atoms with van der Waals surface area (Å²) in [6, 6.07) is 8.75. The highest BCUT2D eigenvalue weighted by Gasteiger charge is 2.32. The van der Waals surface area contributed by atoms with Crippen molar-refractivity contribution in [2.75, 3.05) is 11.5 Å². The Morgan fingerprint density at radius 2 is 2.10 bits per heavy atom. The monoisotopic (exact) mass is 294 g/mol. The third kappa shape index (κ3) is 2.90. The van der Waals surface area contributed by atoms with Crippen LogP contribution in [0.5, 0.6) is 0 Å². The molecule has 1 aromatic carbocycles. The number of benzene rings is 1. The molecule has 4 nitrogen and oxygen atoms in total. The lowest BCUT2D eigenvalue weighted by Gasteiger charge is -2.33. The molecule has 0 amide bonds. The molecule has 0 saturated carbocycles. The van der Waals surface area contributed by atoms with E-state index in [4.69, 9.17) is 5.84 Å². The van der Waals surface area contributed by atoms with Gasteiger partial charge in [-0.1, -0.05) is 24.3 Å². The Hall–Kier alpha value is -0.910. The van der Waals surface area contributed by atoms with Gasteiger partial charge in [0.15, 0.2) is 9.84 Å². The molecule has 0 spiro atoms. The molecule has 1 aromatic rings. The maximum absolute atomic E-state index is 11.5. The zero-order valence-electron chi connectivity index (χ0n) is 11.6. The zero-order valence-corrected chi connectivity index (χ0v) is 12.4. The van der Waals surface area contributed by atoms with E-state index in [9.17, 15) is 8.42 Å². The fourth-order valence-electron chi connectivity index (χ4n) is 3.61. The molecule has 0 bridgehead atoms. The van der Waals surface area contributed by atoms with Crippen LogP contribution in [0.2, 0.25) is 0 Å². The lowest BCUT2D eigenvalue weighted by molar-refractivity contribution is 0.357. The molecule has 1 aliphatic heterocycles. The van der Waals surface area contributed by atoms with E-state index in [2.05, 4.69) is 29.7 Å². The summed E-state index contributed by atoms with van der Waals surface area (Å²) in [6.07, 6.45) is 3.79. The normalized spacial score (nSPS) is 28.6. The fraction of sp³-hybridized carbons (Fsp3) is 0.600. The van der Waals surface area contributed by atoms with E-state index in [-0.39, 0.29) is 12.0 Å². The van der Waals surface area contributed by atoms with Gasteiger partial charge in [-0.2, -0.15) is 0 Å².